The number of hydrogen-bond acceptors (Lipinski definition) is 2. The number of hydrogen-bond donors (Lipinski definition) is 1. The summed E-state index contributed by atoms with van der Waals surface area (Å²) in [6, 6.07) is 9.95. The molecule has 0 spiro atoms. The first kappa shape index (κ1) is 14.3. The maximum absolute atomic E-state index is 12.7. The monoisotopic (exact) mass is 293 g/mol. The number of amides is 1. The third kappa shape index (κ3) is 2.48. The quantitative estimate of drug-likeness (QED) is 0.780. The number of carbonyl (C=O) groups is 1. The molecule has 112 valence electrons. The topological polar surface area (TPSA) is 46.4 Å². The van der Waals surface area contributed by atoms with Gasteiger partial charge in [-0.3, -0.25) is 9.20 Å². The van der Waals surface area contributed by atoms with Crippen LogP contribution in [-0.4, -0.2) is 15.3 Å². The predicted molar refractivity (Wildman–Crippen MR) is 88.5 cm³/mol. The highest BCUT2D eigenvalue weighted by Crippen LogP contribution is 2.19. The van der Waals surface area contributed by atoms with E-state index in [9.17, 15) is 4.79 Å². The van der Waals surface area contributed by atoms with Gasteiger partial charge in [0.05, 0.1) is 5.69 Å². The zero-order valence-corrected chi connectivity index (χ0v) is 13.3. The van der Waals surface area contributed by atoms with Gasteiger partial charge in [0.15, 0.2) is 0 Å². The van der Waals surface area contributed by atoms with E-state index in [1.165, 1.54) is 0 Å². The maximum Gasteiger partial charge on any atom is 0.274 e. The molecule has 0 aliphatic rings. The molecule has 3 rings (SSSR count). The van der Waals surface area contributed by atoms with E-state index in [1.807, 2.05) is 68.6 Å². The molecule has 3 aromatic rings. The number of rotatable bonds is 2. The van der Waals surface area contributed by atoms with Gasteiger partial charge in [-0.05, 0) is 56.5 Å². The Bertz CT molecular complexity index is 877. The summed E-state index contributed by atoms with van der Waals surface area (Å²) in [5, 5.41) is 3.01. The number of fused-ring (bicyclic) bond motifs is 1. The Morgan fingerprint density at radius 1 is 1.05 bits per heavy atom. The number of benzene rings is 1. The van der Waals surface area contributed by atoms with Gasteiger partial charge in [-0.2, -0.15) is 0 Å². The molecule has 2 aromatic heterocycles. The van der Waals surface area contributed by atoms with Crippen LogP contribution >= 0.6 is 0 Å². The van der Waals surface area contributed by atoms with Gasteiger partial charge in [-0.25, -0.2) is 4.98 Å². The average Bonchev–Trinajstić information content (AvgIpc) is 2.78. The van der Waals surface area contributed by atoms with Crippen LogP contribution < -0.4 is 5.32 Å². The van der Waals surface area contributed by atoms with Crippen LogP contribution in [0.15, 0.2) is 36.5 Å². The van der Waals surface area contributed by atoms with Crippen molar-refractivity contribution in [2.75, 3.05) is 5.32 Å². The van der Waals surface area contributed by atoms with Crippen LogP contribution in [0.25, 0.3) is 5.65 Å². The zero-order valence-electron chi connectivity index (χ0n) is 13.3. The largest absolute Gasteiger partial charge is 0.320 e. The van der Waals surface area contributed by atoms with Crippen LogP contribution in [0.2, 0.25) is 0 Å². The highest BCUT2D eigenvalue weighted by molar-refractivity contribution is 6.04. The van der Waals surface area contributed by atoms with Crippen LogP contribution in [0.5, 0.6) is 0 Å². The van der Waals surface area contributed by atoms with Crippen molar-refractivity contribution in [3.8, 4) is 0 Å². The Morgan fingerprint density at radius 3 is 2.55 bits per heavy atom. The molecule has 0 fully saturated rings. The predicted octanol–water partition coefficient (Wildman–Crippen LogP) is 3.82. The van der Waals surface area contributed by atoms with E-state index in [4.69, 9.17) is 0 Å². The Labute approximate surface area is 129 Å². The summed E-state index contributed by atoms with van der Waals surface area (Å²) in [5.41, 5.74) is 6.19. The molecule has 4 heteroatoms. The molecule has 4 nitrogen and oxygen atoms in total. The van der Waals surface area contributed by atoms with Crippen LogP contribution in [0.4, 0.5) is 5.69 Å². The lowest BCUT2D eigenvalue weighted by atomic mass is 10.1. The summed E-state index contributed by atoms with van der Waals surface area (Å²) >= 11 is 0. The number of carbonyl (C=O) groups excluding carboxylic acids is 1. The Balaban J connectivity index is 2.04. The Kier molecular flexibility index (Phi) is 3.45. The van der Waals surface area contributed by atoms with E-state index >= 15 is 0 Å². The van der Waals surface area contributed by atoms with Gasteiger partial charge >= 0.3 is 0 Å². The molecule has 2 heterocycles. The standard InChI is InChI=1S/C18H19N3O/c1-11-5-7-13(3)15(9-11)20-18(22)17-14(4)19-16-8-6-12(2)10-21(16)17/h5-10H,1-4H3,(H,20,22). The van der Waals surface area contributed by atoms with E-state index in [0.29, 0.717) is 5.69 Å². The fourth-order valence-electron chi connectivity index (χ4n) is 2.59. The van der Waals surface area contributed by atoms with E-state index in [0.717, 1.165) is 33.7 Å². The number of nitrogens with zero attached hydrogens (tertiary/aromatic N) is 2. The van der Waals surface area contributed by atoms with Gasteiger partial charge in [0.2, 0.25) is 0 Å². The number of aryl methyl sites for hydroxylation is 4. The third-order valence-electron chi connectivity index (χ3n) is 3.80. The van der Waals surface area contributed by atoms with Gasteiger partial charge in [0.1, 0.15) is 11.3 Å². The second-order valence-corrected chi connectivity index (χ2v) is 5.75. The van der Waals surface area contributed by atoms with Gasteiger partial charge < -0.3 is 5.32 Å². The SMILES string of the molecule is Cc1ccc(C)c(NC(=O)c2c(C)nc3ccc(C)cn23)c1. The smallest absolute Gasteiger partial charge is 0.274 e. The molecule has 0 aliphatic heterocycles. The summed E-state index contributed by atoms with van der Waals surface area (Å²) in [6.45, 7) is 7.86. The molecule has 0 aliphatic carbocycles. The third-order valence-corrected chi connectivity index (χ3v) is 3.80. The highest BCUT2D eigenvalue weighted by atomic mass is 16.2. The number of pyridine rings is 1. The van der Waals surface area contributed by atoms with Crippen molar-refractivity contribution in [1.82, 2.24) is 9.38 Å². The fourth-order valence-corrected chi connectivity index (χ4v) is 2.59. The molecule has 0 saturated carbocycles. The lowest BCUT2D eigenvalue weighted by Gasteiger charge is -2.10. The number of anilines is 1. The van der Waals surface area contributed by atoms with E-state index in [2.05, 4.69) is 10.3 Å². The van der Waals surface area contributed by atoms with Crippen LogP contribution in [0.1, 0.15) is 32.9 Å². The van der Waals surface area contributed by atoms with Gasteiger partial charge in [-0.15, -0.1) is 0 Å². The summed E-state index contributed by atoms with van der Waals surface area (Å²) in [4.78, 5) is 17.2. The molecule has 0 bridgehead atoms. The molecule has 1 N–H and O–H groups in total. The van der Waals surface area contributed by atoms with Crippen molar-refractivity contribution in [2.45, 2.75) is 27.7 Å². The molecule has 0 atom stereocenters. The molecule has 1 aromatic carbocycles. The van der Waals surface area contributed by atoms with Crippen molar-refractivity contribution in [2.24, 2.45) is 0 Å². The first-order chi connectivity index (χ1) is 10.5. The zero-order chi connectivity index (χ0) is 15.9. The molecule has 0 unspecified atom stereocenters. The van der Waals surface area contributed by atoms with Crippen molar-refractivity contribution in [1.29, 1.82) is 0 Å². The van der Waals surface area contributed by atoms with E-state index in [1.54, 1.807) is 0 Å². The Morgan fingerprint density at radius 2 is 1.77 bits per heavy atom. The molecule has 0 saturated heterocycles. The molecule has 1 amide bonds. The summed E-state index contributed by atoms with van der Waals surface area (Å²) in [6.07, 6.45) is 1.94. The highest BCUT2D eigenvalue weighted by Gasteiger charge is 2.17. The molecular formula is C18H19N3O. The number of imidazole rings is 1. The van der Waals surface area contributed by atoms with E-state index in [-0.39, 0.29) is 5.91 Å². The van der Waals surface area contributed by atoms with Crippen molar-refractivity contribution < 1.29 is 4.79 Å². The molecular weight excluding hydrogens is 274 g/mol. The van der Waals surface area contributed by atoms with Gasteiger partial charge in [0, 0.05) is 11.9 Å². The fraction of sp³-hybridized carbons (Fsp3) is 0.222. The minimum atomic E-state index is -0.135. The summed E-state index contributed by atoms with van der Waals surface area (Å²) < 4.78 is 1.85. The minimum Gasteiger partial charge on any atom is -0.320 e. The summed E-state index contributed by atoms with van der Waals surface area (Å²) in [5.74, 6) is -0.135. The second kappa shape index (κ2) is 5.30. The molecule has 22 heavy (non-hydrogen) atoms. The van der Waals surface area contributed by atoms with Gasteiger partial charge in [0.25, 0.3) is 5.91 Å². The lowest BCUT2D eigenvalue weighted by molar-refractivity contribution is 0.102. The molecule has 0 radical (unpaired) electrons. The number of nitrogens with one attached hydrogen (secondary N) is 1. The first-order valence-electron chi connectivity index (χ1n) is 7.29. The van der Waals surface area contributed by atoms with Gasteiger partial charge in [-0.1, -0.05) is 18.2 Å². The van der Waals surface area contributed by atoms with Crippen molar-refractivity contribution >= 4 is 17.2 Å². The van der Waals surface area contributed by atoms with E-state index < -0.39 is 0 Å². The first-order valence-corrected chi connectivity index (χ1v) is 7.29. The normalized spacial score (nSPS) is 10.9. The average molecular weight is 293 g/mol. The lowest BCUT2D eigenvalue weighted by Crippen LogP contribution is -2.16. The van der Waals surface area contributed by atoms with Crippen molar-refractivity contribution in [3.05, 3.63) is 64.6 Å². The Hall–Kier alpha value is -2.62. The summed E-state index contributed by atoms with van der Waals surface area (Å²) in [7, 11) is 0. The van der Waals surface area contributed by atoms with Crippen LogP contribution in [-0.2, 0) is 0 Å². The van der Waals surface area contributed by atoms with Crippen molar-refractivity contribution in [3.63, 3.8) is 0 Å². The van der Waals surface area contributed by atoms with Crippen LogP contribution in [0, 0.1) is 27.7 Å². The number of aromatic nitrogens is 2. The van der Waals surface area contributed by atoms with Crippen LogP contribution in [0.3, 0.4) is 0 Å². The maximum atomic E-state index is 12.7. The minimum absolute atomic E-state index is 0.135. The second-order valence-electron chi connectivity index (χ2n) is 5.75.